The summed E-state index contributed by atoms with van der Waals surface area (Å²) in [5.74, 6) is 0. The molecule has 2 rings (SSSR count). The summed E-state index contributed by atoms with van der Waals surface area (Å²) >= 11 is 6.12. The number of halogens is 1. The molecular weight excluding hydrogens is 240 g/mol. The molecule has 2 heterocycles. The second-order valence-electron chi connectivity index (χ2n) is 4.26. The minimum atomic E-state index is -0.203. The lowest BCUT2D eigenvalue weighted by atomic mass is 10.3. The zero-order valence-electron chi connectivity index (χ0n) is 10.2. The van der Waals surface area contributed by atoms with E-state index in [0.29, 0.717) is 6.54 Å². The molecule has 0 bridgehead atoms. The molecule has 0 N–H and O–H groups in total. The number of anilines is 1. The second-order valence-corrected chi connectivity index (χ2v) is 4.63. The van der Waals surface area contributed by atoms with Crippen LogP contribution in [0.15, 0.2) is 11.0 Å². The number of hydrogen-bond donors (Lipinski definition) is 0. The van der Waals surface area contributed by atoms with Crippen LogP contribution in [0.5, 0.6) is 0 Å². The highest BCUT2D eigenvalue weighted by Gasteiger charge is 2.19. The van der Waals surface area contributed by atoms with Gasteiger partial charge in [0.15, 0.2) is 0 Å². The van der Waals surface area contributed by atoms with Crippen LogP contribution in [0.2, 0.25) is 5.02 Å². The number of rotatable bonds is 2. The molecule has 5 nitrogen and oxygen atoms in total. The third kappa shape index (κ3) is 2.45. The van der Waals surface area contributed by atoms with Gasteiger partial charge in [0.2, 0.25) is 0 Å². The average Bonchev–Trinajstić information content (AvgIpc) is 2.34. The number of aryl methyl sites for hydroxylation is 1. The fourth-order valence-corrected chi connectivity index (χ4v) is 2.22. The van der Waals surface area contributed by atoms with Gasteiger partial charge in [-0.1, -0.05) is 11.6 Å². The van der Waals surface area contributed by atoms with Gasteiger partial charge in [-0.25, -0.2) is 4.68 Å². The van der Waals surface area contributed by atoms with E-state index in [1.54, 1.807) is 6.20 Å². The Morgan fingerprint density at radius 3 is 2.59 bits per heavy atom. The highest BCUT2D eigenvalue weighted by molar-refractivity contribution is 6.33. The van der Waals surface area contributed by atoms with Gasteiger partial charge >= 0.3 is 0 Å². The van der Waals surface area contributed by atoms with E-state index in [1.807, 2.05) is 6.92 Å². The molecule has 1 aromatic rings. The van der Waals surface area contributed by atoms with Crippen LogP contribution >= 0.6 is 11.6 Å². The van der Waals surface area contributed by atoms with Crippen molar-refractivity contribution in [3.8, 4) is 0 Å². The Hall–Kier alpha value is -1.07. The molecule has 0 atom stereocenters. The van der Waals surface area contributed by atoms with Gasteiger partial charge in [0, 0.05) is 32.7 Å². The van der Waals surface area contributed by atoms with Gasteiger partial charge in [0.1, 0.15) is 5.02 Å². The summed E-state index contributed by atoms with van der Waals surface area (Å²) in [5.41, 5.74) is 0.556. The summed E-state index contributed by atoms with van der Waals surface area (Å²) in [7, 11) is 2.09. The zero-order chi connectivity index (χ0) is 12.4. The third-order valence-corrected chi connectivity index (χ3v) is 3.47. The first-order chi connectivity index (χ1) is 8.13. The molecule has 1 aromatic heterocycles. The lowest BCUT2D eigenvalue weighted by Gasteiger charge is -2.34. The SMILES string of the molecule is CCn1ncc(N2CCN(C)CC2)c(Cl)c1=O. The minimum Gasteiger partial charge on any atom is -0.366 e. The normalized spacial score (nSPS) is 17.5. The molecule has 0 aromatic carbocycles. The third-order valence-electron chi connectivity index (χ3n) is 3.11. The number of hydrogen-bond acceptors (Lipinski definition) is 4. The lowest BCUT2D eigenvalue weighted by molar-refractivity contribution is 0.312. The van der Waals surface area contributed by atoms with Crippen LogP contribution in [0, 0.1) is 0 Å². The Morgan fingerprint density at radius 1 is 1.35 bits per heavy atom. The van der Waals surface area contributed by atoms with Crippen molar-refractivity contribution in [1.82, 2.24) is 14.7 Å². The Balaban J connectivity index is 2.28. The number of piperazine rings is 1. The zero-order valence-corrected chi connectivity index (χ0v) is 10.9. The molecule has 0 radical (unpaired) electrons. The van der Waals surface area contributed by atoms with E-state index in [-0.39, 0.29) is 10.6 Å². The molecule has 94 valence electrons. The van der Waals surface area contributed by atoms with Crippen LogP contribution in [0.1, 0.15) is 6.92 Å². The first kappa shape index (κ1) is 12.4. The summed E-state index contributed by atoms with van der Waals surface area (Å²) in [6.45, 7) is 6.14. The molecule has 0 saturated carbocycles. The fourth-order valence-electron chi connectivity index (χ4n) is 1.95. The van der Waals surface area contributed by atoms with Crippen molar-refractivity contribution in [1.29, 1.82) is 0 Å². The standard InChI is InChI=1S/C11H17ClN4O/c1-3-16-11(17)10(12)9(8-13-16)15-6-4-14(2)5-7-15/h8H,3-7H2,1-2H3. The van der Waals surface area contributed by atoms with Crippen molar-refractivity contribution in [3.05, 3.63) is 21.6 Å². The molecule has 6 heteroatoms. The molecule has 0 aliphatic carbocycles. The van der Waals surface area contributed by atoms with Crippen molar-refractivity contribution in [2.45, 2.75) is 13.5 Å². The van der Waals surface area contributed by atoms with E-state index in [9.17, 15) is 4.79 Å². The minimum absolute atomic E-state index is 0.203. The van der Waals surface area contributed by atoms with Crippen LogP contribution in [-0.4, -0.2) is 47.9 Å². The lowest BCUT2D eigenvalue weighted by Crippen LogP contribution is -2.45. The largest absolute Gasteiger partial charge is 0.366 e. The number of likely N-dealkylation sites (N-methyl/N-ethyl adjacent to an activating group) is 1. The average molecular weight is 257 g/mol. The Labute approximate surface area is 106 Å². The predicted octanol–water partition coefficient (Wildman–Crippen LogP) is 0.668. The second kappa shape index (κ2) is 5.06. The van der Waals surface area contributed by atoms with E-state index in [1.165, 1.54) is 4.68 Å². The first-order valence-corrected chi connectivity index (χ1v) is 6.20. The maximum Gasteiger partial charge on any atom is 0.287 e. The highest BCUT2D eigenvalue weighted by Crippen LogP contribution is 2.21. The van der Waals surface area contributed by atoms with E-state index < -0.39 is 0 Å². The molecule has 1 aliphatic rings. The van der Waals surface area contributed by atoms with Gasteiger partial charge in [-0.3, -0.25) is 4.79 Å². The Morgan fingerprint density at radius 2 is 2.00 bits per heavy atom. The van der Waals surface area contributed by atoms with Gasteiger partial charge in [-0.05, 0) is 14.0 Å². The van der Waals surface area contributed by atoms with Crippen molar-refractivity contribution in [2.75, 3.05) is 38.1 Å². The summed E-state index contributed by atoms with van der Waals surface area (Å²) in [4.78, 5) is 16.2. The Bertz CT molecular complexity index is 451. The van der Waals surface area contributed by atoms with Crippen LogP contribution in [0.4, 0.5) is 5.69 Å². The highest BCUT2D eigenvalue weighted by atomic mass is 35.5. The molecule has 17 heavy (non-hydrogen) atoms. The maximum absolute atomic E-state index is 11.9. The van der Waals surface area contributed by atoms with Crippen molar-refractivity contribution in [3.63, 3.8) is 0 Å². The molecule has 0 amide bonds. The molecule has 1 saturated heterocycles. The summed E-state index contributed by atoms with van der Waals surface area (Å²) in [5, 5.41) is 4.40. The topological polar surface area (TPSA) is 41.4 Å². The van der Waals surface area contributed by atoms with Gasteiger partial charge in [-0.15, -0.1) is 0 Å². The van der Waals surface area contributed by atoms with Crippen molar-refractivity contribution in [2.24, 2.45) is 0 Å². The van der Waals surface area contributed by atoms with Crippen LogP contribution in [-0.2, 0) is 6.54 Å². The van der Waals surface area contributed by atoms with Crippen LogP contribution in [0.3, 0.4) is 0 Å². The Kier molecular flexibility index (Phi) is 3.69. The van der Waals surface area contributed by atoms with Gasteiger partial charge in [0.25, 0.3) is 5.56 Å². The van der Waals surface area contributed by atoms with Crippen LogP contribution in [0.25, 0.3) is 0 Å². The van der Waals surface area contributed by atoms with E-state index in [4.69, 9.17) is 11.6 Å². The van der Waals surface area contributed by atoms with Gasteiger partial charge in [-0.2, -0.15) is 5.10 Å². The van der Waals surface area contributed by atoms with Gasteiger partial charge < -0.3 is 9.80 Å². The first-order valence-electron chi connectivity index (χ1n) is 5.82. The molecular formula is C11H17ClN4O. The maximum atomic E-state index is 11.9. The quantitative estimate of drug-likeness (QED) is 0.780. The van der Waals surface area contributed by atoms with Gasteiger partial charge in [0.05, 0.1) is 11.9 Å². The predicted molar refractivity (Wildman–Crippen MR) is 68.9 cm³/mol. The summed E-state index contributed by atoms with van der Waals surface area (Å²) < 4.78 is 1.38. The van der Waals surface area contributed by atoms with Crippen molar-refractivity contribution < 1.29 is 0 Å². The molecule has 1 aliphatic heterocycles. The number of aromatic nitrogens is 2. The molecule has 0 spiro atoms. The van der Waals surface area contributed by atoms with Crippen LogP contribution < -0.4 is 10.5 Å². The smallest absolute Gasteiger partial charge is 0.287 e. The van der Waals surface area contributed by atoms with E-state index in [2.05, 4.69) is 21.9 Å². The number of nitrogens with zero attached hydrogens (tertiary/aromatic N) is 4. The molecule has 0 unspecified atom stereocenters. The summed E-state index contributed by atoms with van der Waals surface area (Å²) in [6.07, 6.45) is 1.69. The fraction of sp³-hybridized carbons (Fsp3) is 0.636. The van der Waals surface area contributed by atoms with Crippen molar-refractivity contribution >= 4 is 17.3 Å². The molecule has 1 fully saturated rings. The van der Waals surface area contributed by atoms with E-state index in [0.717, 1.165) is 31.9 Å². The monoisotopic (exact) mass is 256 g/mol. The summed E-state index contributed by atoms with van der Waals surface area (Å²) in [6, 6.07) is 0. The van der Waals surface area contributed by atoms with E-state index >= 15 is 0 Å².